The Hall–Kier alpha value is -0.780. The maximum absolute atomic E-state index is 11.6. The molecule has 132 valence electrons. The summed E-state index contributed by atoms with van der Waals surface area (Å²) in [6.07, 6.45) is 5.93. The van der Waals surface area contributed by atoms with Gasteiger partial charge in [0, 0.05) is 25.7 Å². The number of aliphatic imine (C=N–C) groups is 1. The third kappa shape index (κ3) is 4.61. The number of likely N-dealkylation sites (tertiary alicyclic amines) is 1. The van der Waals surface area contributed by atoms with E-state index in [1.165, 1.54) is 19.3 Å². The van der Waals surface area contributed by atoms with Crippen LogP contribution in [0.25, 0.3) is 0 Å². The lowest BCUT2D eigenvalue weighted by Crippen LogP contribution is -2.44. The molecule has 1 N–H and O–H groups in total. The van der Waals surface area contributed by atoms with E-state index in [2.05, 4.69) is 24.1 Å². The van der Waals surface area contributed by atoms with E-state index in [1.54, 1.807) is 0 Å². The van der Waals surface area contributed by atoms with Crippen LogP contribution in [-0.2, 0) is 9.84 Å². The summed E-state index contributed by atoms with van der Waals surface area (Å²) in [6.45, 7) is 7.21. The normalized spacial score (nSPS) is 32.3. The van der Waals surface area contributed by atoms with E-state index < -0.39 is 9.84 Å². The zero-order valence-electron chi connectivity index (χ0n) is 14.5. The van der Waals surface area contributed by atoms with Crippen molar-refractivity contribution >= 4 is 15.8 Å². The summed E-state index contributed by atoms with van der Waals surface area (Å²) >= 11 is 0. The fraction of sp³-hybridized carbons (Fsp3) is 0.941. The van der Waals surface area contributed by atoms with Gasteiger partial charge in [-0.25, -0.2) is 8.42 Å². The van der Waals surface area contributed by atoms with Gasteiger partial charge < -0.3 is 10.2 Å². The van der Waals surface area contributed by atoms with Gasteiger partial charge in [-0.3, -0.25) is 4.99 Å². The first-order valence-electron chi connectivity index (χ1n) is 9.23. The average Bonchev–Trinajstić information content (AvgIpc) is 3.14. The van der Waals surface area contributed by atoms with Gasteiger partial charge in [-0.15, -0.1) is 0 Å². The predicted octanol–water partition coefficient (Wildman–Crippen LogP) is 1.90. The van der Waals surface area contributed by atoms with E-state index in [1.807, 2.05) is 0 Å². The topological polar surface area (TPSA) is 61.8 Å². The highest BCUT2D eigenvalue weighted by Gasteiger charge is 2.37. The Kier molecular flexibility index (Phi) is 5.19. The van der Waals surface area contributed by atoms with Crippen molar-refractivity contribution in [1.82, 2.24) is 10.2 Å². The molecule has 6 heteroatoms. The van der Waals surface area contributed by atoms with Crippen LogP contribution in [0.4, 0.5) is 0 Å². The van der Waals surface area contributed by atoms with E-state index in [9.17, 15) is 8.42 Å². The summed E-state index contributed by atoms with van der Waals surface area (Å²) < 4.78 is 23.2. The summed E-state index contributed by atoms with van der Waals surface area (Å²) in [7, 11) is -2.81. The van der Waals surface area contributed by atoms with E-state index in [0.29, 0.717) is 24.1 Å². The van der Waals surface area contributed by atoms with E-state index in [-0.39, 0.29) is 5.92 Å². The van der Waals surface area contributed by atoms with Crippen LogP contribution in [0.1, 0.15) is 46.0 Å². The molecule has 2 saturated heterocycles. The minimum absolute atomic E-state index is 0.204. The fourth-order valence-corrected chi connectivity index (χ4v) is 5.57. The van der Waals surface area contributed by atoms with Crippen molar-refractivity contribution in [2.24, 2.45) is 22.7 Å². The Morgan fingerprint density at radius 1 is 1.26 bits per heavy atom. The van der Waals surface area contributed by atoms with Crippen LogP contribution < -0.4 is 5.32 Å². The van der Waals surface area contributed by atoms with Crippen LogP contribution in [0.3, 0.4) is 0 Å². The standard InChI is InChI=1S/C17H31N3O2S/c1-3-13(2)19-17(18-10-14-7-9-23(21,22)12-14)20-8-6-16(11-20)15-4-5-15/h13-16H,3-12H2,1-2H3,(H,18,19). The van der Waals surface area contributed by atoms with E-state index >= 15 is 0 Å². The second-order valence-electron chi connectivity index (χ2n) is 7.72. The molecule has 3 atom stereocenters. The Labute approximate surface area is 140 Å². The summed E-state index contributed by atoms with van der Waals surface area (Å²) in [4.78, 5) is 7.22. The summed E-state index contributed by atoms with van der Waals surface area (Å²) in [5.41, 5.74) is 0. The van der Waals surface area contributed by atoms with Gasteiger partial charge in [-0.1, -0.05) is 6.92 Å². The lowest BCUT2D eigenvalue weighted by Gasteiger charge is -2.25. The second kappa shape index (κ2) is 6.99. The molecule has 0 amide bonds. The van der Waals surface area contributed by atoms with Crippen LogP contribution >= 0.6 is 0 Å². The molecule has 1 saturated carbocycles. The van der Waals surface area contributed by atoms with Crippen LogP contribution in [0, 0.1) is 17.8 Å². The quantitative estimate of drug-likeness (QED) is 0.613. The Balaban J connectivity index is 1.61. The summed E-state index contributed by atoms with van der Waals surface area (Å²) in [5.74, 6) is 3.66. The average molecular weight is 342 g/mol. The molecule has 1 aliphatic carbocycles. The first-order valence-corrected chi connectivity index (χ1v) is 11.1. The molecule has 5 nitrogen and oxygen atoms in total. The van der Waals surface area contributed by atoms with Gasteiger partial charge in [-0.05, 0) is 56.8 Å². The fourth-order valence-electron chi connectivity index (χ4n) is 3.72. The lowest BCUT2D eigenvalue weighted by molar-refractivity contribution is 0.425. The van der Waals surface area contributed by atoms with Crippen molar-refractivity contribution in [1.29, 1.82) is 0 Å². The van der Waals surface area contributed by atoms with Gasteiger partial charge in [0.25, 0.3) is 0 Å². The molecule has 0 aromatic rings. The van der Waals surface area contributed by atoms with Gasteiger partial charge >= 0.3 is 0 Å². The highest BCUT2D eigenvalue weighted by atomic mass is 32.2. The molecule has 0 aromatic heterocycles. The largest absolute Gasteiger partial charge is 0.354 e. The van der Waals surface area contributed by atoms with Crippen molar-refractivity contribution in [3.05, 3.63) is 0 Å². The Morgan fingerprint density at radius 3 is 2.65 bits per heavy atom. The SMILES string of the molecule is CCC(C)NC(=NCC1CCS(=O)(=O)C1)N1CCC(C2CC2)C1. The molecule has 3 fully saturated rings. The number of guanidine groups is 1. The molecule has 3 unspecified atom stereocenters. The van der Waals surface area contributed by atoms with Crippen molar-refractivity contribution in [2.75, 3.05) is 31.1 Å². The molecule has 0 bridgehead atoms. The smallest absolute Gasteiger partial charge is 0.194 e. The van der Waals surface area contributed by atoms with E-state index in [4.69, 9.17) is 4.99 Å². The third-order valence-corrected chi connectivity index (χ3v) is 7.46. The van der Waals surface area contributed by atoms with Crippen molar-refractivity contribution in [3.8, 4) is 0 Å². The molecular formula is C17H31N3O2S. The van der Waals surface area contributed by atoms with Gasteiger partial charge in [0.15, 0.2) is 15.8 Å². The zero-order chi connectivity index (χ0) is 16.4. The molecule has 0 spiro atoms. The maximum atomic E-state index is 11.6. The monoisotopic (exact) mass is 341 g/mol. The maximum Gasteiger partial charge on any atom is 0.194 e. The van der Waals surface area contributed by atoms with Crippen molar-refractivity contribution in [3.63, 3.8) is 0 Å². The first-order chi connectivity index (χ1) is 11.0. The molecule has 2 aliphatic heterocycles. The number of nitrogens with zero attached hydrogens (tertiary/aromatic N) is 2. The molecular weight excluding hydrogens is 310 g/mol. The van der Waals surface area contributed by atoms with E-state index in [0.717, 1.165) is 43.7 Å². The van der Waals surface area contributed by atoms with Crippen LogP contribution in [0.15, 0.2) is 4.99 Å². The third-order valence-electron chi connectivity index (χ3n) is 5.63. The van der Waals surface area contributed by atoms with Gasteiger partial charge in [0.05, 0.1) is 11.5 Å². The summed E-state index contributed by atoms with van der Waals surface area (Å²) in [6, 6.07) is 0.404. The van der Waals surface area contributed by atoms with Crippen LogP contribution in [0.5, 0.6) is 0 Å². The molecule has 3 aliphatic rings. The number of nitrogens with one attached hydrogen (secondary N) is 1. The minimum atomic E-state index is -2.81. The van der Waals surface area contributed by atoms with Crippen LogP contribution in [0.2, 0.25) is 0 Å². The zero-order valence-corrected chi connectivity index (χ0v) is 15.3. The Bertz CT molecular complexity index is 542. The number of sulfone groups is 1. The number of rotatable bonds is 5. The van der Waals surface area contributed by atoms with Gasteiger partial charge in [0.2, 0.25) is 0 Å². The number of hydrogen-bond donors (Lipinski definition) is 1. The first kappa shape index (κ1) is 17.1. The summed E-state index contributed by atoms with van der Waals surface area (Å²) in [5, 5.41) is 3.56. The minimum Gasteiger partial charge on any atom is -0.354 e. The molecule has 3 rings (SSSR count). The van der Waals surface area contributed by atoms with Gasteiger partial charge in [-0.2, -0.15) is 0 Å². The Morgan fingerprint density at radius 2 is 2.04 bits per heavy atom. The second-order valence-corrected chi connectivity index (χ2v) is 9.95. The highest BCUT2D eigenvalue weighted by molar-refractivity contribution is 7.91. The molecule has 23 heavy (non-hydrogen) atoms. The van der Waals surface area contributed by atoms with Crippen molar-refractivity contribution in [2.45, 2.75) is 52.0 Å². The molecule has 0 aromatic carbocycles. The van der Waals surface area contributed by atoms with Gasteiger partial charge in [0.1, 0.15) is 0 Å². The highest BCUT2D eigenvalue weighted by Crippen LogP contribution is 2.41. The van der Waals surface area contributed by atoms with Crippen LogP contribution in [-0.4, -0.2) is 56.5 Å². The molecule has 2 heterocycles. The molecule has 0 radical (unpaired) electrons. The van der Waals surface area contributed by atoms with Crippen molar-refractivity contribution < 1.29 is 8.42 Å². The number of hydrogen-bond acceptors (Lipinski definition) is 3. The lowest BCUT2D eigenvalue weighted by atomic mass is 10.0. The predicted molar refractivity (Wildman–Crippen MR) is 94.4 cm³/mol.